The molecule has 8 bridgehead atoms. The zero-order chi connectivity index (χ0) is 43.7. The first-order valence-corrected chi connectivity index (χ1v) is 22.1. The van der Waals surface area contributed by atoms with Gasteiger partial charge in [-0.1, -0.05) is 125 Å². The van der Waals surface area contributed by atoms with Crippen LogP contribution in [0.3, 0.4) is 0 Å². The number of fused-ring (bicyclic) bond motifs is 8. The Bertz CT molecular complexity index is 3170. The van der Waals surface area contributed by atoms with Crippen molar-refractivity contribution in [2.45, 2.75) is 40.5 Å². The molecular formula is C56H48N6O2. The number of hydrogen-bond acceptors (Lipinski definition) is 4. The zero-order valence-corrected chi connectivity index (χ0v) is 36.3. The van der Waals surface area contributed by atoms with Gasteiger partial charge in [-0.25, -0.2) is 9.97 Å². The number of aromatic amines is 2. The highest BCUT2D eigenvalue weighted by Gasteiger charge is 2.51. The topological polar surface area (TPSA) is 116 Å². The van der Waals surface area contributed by atoms with Gasteiger partial charge >= 0.3 is 0 Å². The number of H-pyrrole nitrogens is 2. The smallest absolute Gasteiger partial charge is 0.228 e. The summed E-state index contributed by atoms with van der Waals surface area (Å²) < 4.78 is 0. The van der Waals surface area contributed by atoms with Crippen molar-refractivity contribution in [1.82, 2.24) is 19.9 Å². The van der Waals surface area contributed by atoms with E-state index in [1.54, 1.807) is 0 Å². The van der Waals surface area contributed by atoms with Crippen LogP contribution in [0.1, 0.15) is 63.3 Å². The van der Waals surface area contributed by atoms with Crippen LogP contribution in [0.4, 0.5) is 11.4 Å². The van der Waals surface area contributed by atoms with Gasteiger partial charge in [0.2, 0.25) is 11.8 Å². The van der Waals surface area contributed by atoms with E-state index in [0.717, 1.165) is 90.9 Å². The molecule has 314 valence electrons. The molecule has 2 aliphatic heterocycles. The SMILES string of the molecule is CC1(C)C[C@@H]1C(=O)Nc1cccc(NC(=O)[C@@H]2CC2(C)C)c1-c1c2nc(c(-c3ccccc3)c3ccc([nH]3)c(-c3ccccc3)c3nc(c(-c4ccccc4)c4ccc1[nH]4)C=C3)C=C2. The molecule has 11 rings (SSSR count). The van der Waals surface area contributed by atoms with E-state index in [4.69, 9.17) is 9.97 Å². The molecule has 2 aliphatic carbocycles. The van der Waals surface area contributed by atoms with Crippen LogP contribution in [0.15, 0.2) is 133 Å². The maximum absolute atomic E-state index is 14.0. The second kappa shape index (κ2) is 15.1. The van der Waals surface area contributed by atoms with E-state index >= 15 is 0 Å². The quantitative estimate of drug-likeness (QED) is 0.122. The molecule has 0 saturated heterocycles. The monoisotopic (exact) mass is 836 g/mol. The van der Waals surface area contributed by atoms with Crippen LogP contribution < -0.4 is 10.6 Å². The molecule has 2 fully saturated rings. The van der Waals surface area contributed by atoms with Gasteiger partial charge in [0, 0.05) is 61.7 Å². The molecule has 7 aromatic rings. The Balaban J connectivity index is 1.26. The third kappa shape index (κ3) is 7.05. The summed E-state index contributed by atoms with van der Waals surface area (Å²) in [6, 6.07) is 45.2. The fourth-order valence-corrected chi connectivity index (χ4v) is 9.49. The zero-order valence-electron chi connectivity index (χ0n) is 36.3. The van der Waals surface area contributed by atoms with Crippen LogP contribution in [-0.2, 0) is 9.59 Å². The van der Waals surface area contributed by atoms with Crippen molar-refractivity contribution in [3.05, 3.63) is 156 Å². The highest BCUT2D eigenvalue weighted by molar-refractivity contribution is 6.09. The molecule has 0 radical (unpaired) electrons. The Hall–Kier alpha value is -7.58. The Labute approximate surface area is 372 Å². The third-order valence-corrected chi connectivity index (χ3v) is 13.4. The summed E-state index contributed by atoms with van der Waals surface area (Å²) in [6.45, 7) is 8.49. The summed E-state index contributed by atoms with van der Waals surface area (Å²) in [5.74, 6) is -0.317. The number of carbonyl (C=O) groups excluding carboxylic acids is 2. The van der Waals surface area contributed by atoms with Crippen molar-refractivity contribution in [3.63, 3.8) is 0 Å². The van der Waals surface area contributed by atoms with E-state index in [9.17, 15) is 9.59 Å². The number of benzene rings is 4. The third-order valence-electron chi connectivity index (χ3n) is 13.4. The minimum atomic E-state index is -0.119. The Morgan fingerprint density at radius 3 is 1.08 bits per heavy atom. The van der Waals surface area contributed by atoms with Gasteiger partial charge in [-0.2, -0.15) is 0 Å². The van der Waals surface area contributed by atoms with Gasteiger partial charge in [0.15, 0.2) is 0 Å². The molecule has 4 N–H and O–H groups in total. The average Bonchev–Trinajstić information content (AvgIpc) is 3.73. The van der Waals surface area contributed by atoms with Crippen molar-refractivity contribution in [3.8, 4) is 44.5 Å². The fraction of sp³-hybridized carbons (Fsp3) is 0.179. The number of anilines is 2. The second-order valence-electron chi connectivity index (χ2n) is 18.8. The predicted molar refractivity (Wildman–Crippen MR) is 262 cm³/mol. The van der Waals surface area contributed by atoms with Gasteiger partial charge in [-0.15, -0.1) is 0 Å². The van der Waals surface area contributed by atoms with Crippen molar-refractivity contribution in [1.29, 1.82) is 0 Å². The lowest BCUT2D eigenvalue weighted by Crippen LogP contribution is -2.19. The molecule has 4 aromatic carbocycles. The lowest BCUT2D eigenvalue weighted by Gasteiger charge is -2.18. The van der Waals surface area contributed by atoms with Crippen molar-refractivity contribution >= 4 is 69.6 Å². The first-order valence-electron chi connectivity index (χ1n) is 22.1. The van der Waals surface area contributed by atoms with Gasteiger partial charge in [0.25, 0.3) is 0 Å². The molecule has 5 heterocycles. The van der Waals surface area contributed by atoms with Crippen LogP contribution in [-0.4, -0.2) is 31.8 Å². The molecule has 3 aromatic heterocycles. The van der Waals surface area contributed by atoms with Crippen LogP contribution in [0.5, 0.6) is 0 Å². The lowest BCUT2D eigenvalue weighted by atomic mass is 9.98. The Kier molecular flexibility index (Phi) is 9.24. The summed E-state index contributed by atoms with van der Waals surface area (Å²) in [7, 11) is 0. The van der Waals surface area contributed by atoms with Gasteiger partial charge in [0.05, 0.1) is 34.2 Å². The van der Waals surface area contributed by atoms with E-state index in [1.165, 1.54) is 0 Å². The van der Waals surface area contributed by atoms with Crippen molar-refractivity contribution < 1.29 is 9.59 Å². The van der Waals surface area contributed by atoms with Crippen LogP contribution in [0, 0.1) is 22.7 Å². The molecule has 2 saturated carbocycles. The lowest BCUT2D eigenvalue weighted by molar-refractivity contribution is -0.118. The van der Waals surface area contributed by atoms with E-state index < -0.39 is 0 Å². The maximum atomic E-state index is 14.0. The predicted octanol–water partition coefficient (Wildman–Crippen LogP) is 13.3. The van der Waals surface area contributed by atoms with Crippen LogP contribution in [0.25, 0.3) is 90.9 Å². The molecule has 4 aliphatic rings. The summed E-state index contributed by atoms with van der Waals surface area (Å²) in [4.78, 5) is 46.6. The fourth-order valence-electron chi connectivity index (χ4n) is 9.49. The Morgan fingerprint density at radius 1 is 0.438 bits per heavy atom. The number of nitrogens with zero attached hydrogens (tertiary/aromatic N) is 2. The van der Waals surface area contributed by atoms with Gasteiger partial charge < -0.3 is 20.6 Å². The minimum absolute atomic E-state index is 0.0399. The molecule has 2 amide bonds. The number of nitrogens with one attached hydrogen (secondary N) is 4. The number of hydrogen-bond donors (Lipinski definition) is 4. The number of rotatable bonds is 8. The summed E-state index contributed by atoms with van der Waals surface area (Å²) >= 11 is 0. The number of aromatic nitrogens is 4. The van der Waals surface area contributed by atoms with E-state index in [0.29, 0.717) is 22.6 Å². The molecule has 8 nitrogen and oxygen atoms in total. The van der Waals surface area contributed by atoms with E-state index in [-0.39, 0.29) is 34.5 Å². The first-order chi connectivity index (χ1) is 31.0. The summed E-state index contributed by atoms with van der Waals surface area (Å²) in [5.41, 5.74) is 14.9. The molecule has 0 unspecified atom stereocenters. The summed E-state index contributed by atoms with van der Waals surface area (Å²) in [5, 5.41) is 6.66. The molecule has 8 heteroatoms. The van der Waals surface area contributed by atoms with E-state index in [1.807, 2.05) is 66.7 Å². The number of amides is 2. The molecule has 2 atom stereocenters. The highest BCUT2D eigenvalue weighted by Crippen LogP contribution is 2.54. The van der Waals surface area contributed by atoms with Crippen molar-refractivity contribution in [2.75, 3.05) is 10.6 Å². The minimum Gasteiger partial charge on any atom is -0.354 e. The number of carbonyl (C=O) groups is 2. The van der Waals surface area contributed by atoms with Crippen LogP contribution in [0.2, 0.25) is 0 Å². The van der Waals surface area contributed by atoms with Gasteiger partial charge in [-0.3, -0.25) is 9.59 Å². The Morgan fingerprint density at radius 2 is 0.750 bits per heavy atom. The molecular weight excluding hydrogens is 789 g/mol. The summed E-state index contributed by atoms with van der Waals surface area (Å²) in [6.07, 6.45) is 9.92. The van der Waals surface area contributed by atoms with Crippen LogP contribution >= 0.6 is 0 Å². The molecule has 64 heavy (non-hydrogen) atoms. The first kappa shape index (κ1) is 39.3. The average molecular weight is 837 g/mol. The highest BCUT2D eigenvalue weighted by atomic mass is 16.2. The molecule has 0 spiro atoms. The maximum Gasteiger partial charge on any atom is 0.228 e. The van der Waals surface area contributed by atoms with Gasteiger partial charge in [0.1, 0.15) is 0 Å². The van der Waals surface area contributed by atoms with Crippen molar-refractivity contribution in [2.24, 2.45) is 22.7 Å². The normalized spacial score (nSPS) is 17.5. The largest absolute Gasteiger partial charge is 0.354 e. The second-order valence-corrected chi connectivity index (χ2v) is 18.8. The van der Waals surface area contributed by atoms with E-state index in [2.05, 4.69) is 139 Å². The van der Waals surface area contributed by atoms with Gasteiger partial charge in [-0.05, 0) is 101 Å². The standard InChI is InChI=1S/C56H48N6O2/c1-55(2)31-36(55)53(63)61-38-21-14-22-39(62-54(64)37-32-56(37,3)4)51(38)52-46-29-27-44(59-46)49(34-17-10-6-11-18-34)42-25-23-40(57-42)48(33-15-8-5-9-16-33)41-24-26-43(58-41)50(35-19-12-7-13-20-35)45-28-30-47(52)60-45/h5-30,36-37,57,60H,31-32H2,1-4H3,(H,61,63)(H,62,64)/t36-,37+.